The van der Waals surface area contributed by atoms with Crippen LogP contribution in [-0.2, 0) is 13.0 Å². The van der Waals surface area contributed by atoms with Gasteiger partial charge in [0.15, 0.2) is 0 Å². The molecule has 3 aromatic rings. The molecule has 0 radical (unpaired) electrons. The smallest absolute Gasteiger partial charge is 0.341 e. The molecule has 27 heavy (non-hydrogen) atoms. The second-order valence-electron chi connectivity index (χ2n) is 7.29. The van der Waals surface area contributed by atoms with Crippen molar-refractivity contribution in [3.63, 3.8) is 0 Å². The standard InChI is InChI=1S/C22H22FNO3/c1-13(2)11-24-12-18(22(26)27)21(25)17-10-19(23)16(9-20(17)24)8-15-7-5-4-6-14(15)3/h4-7,9-10,12-13H,8,11H2,1-3H3,(H,26,27). The number of pyridine rings is 1. The van der Waals surface area contributed by atoms with Crippen molar-refractivity contribution in [2.45, 2.75) is 33.7 Å². The zero-order valence-electron chi connectivity index (χ0n) is 15.6. The first-order valence-corrected chi connectivity index (χ1v) is 8.91. The van der Waals surface area contributed by atoms with E-state index in [9.17, 15) is 19.1 Å². The lowest BCUT2D eigenvalue weighted by atomic mass is 9.98. The molecule has 4 nitrogen and oxygen atoms in total. The summed E-state index contributed by atoms with van der Waals surface area (Å²) in [4.78, 5) is 23.9. The van der Waals surface area contributed by atoms with Crippen molar-refractivity contribution in [3.05, 3.63) is 80.9 Å². The third-order valence-electron chi connectivity index (χ3n) is 4.68. The van der Waals surface area contributed by atoms with Gasteiger partial charge in [0.25, 0.3) is 0 Å². The molecule has 0 aliphatic rings. The van der Waals surface area contributed by atoms with Crippen LogP contribution in [0.1, 0.15) is 40.9 Å². The molecule has 1 N–H and O–H groups in total. The molecule has 0 spiro atoms. The number of carboxylic acids is 1. The van der Waals surface area contributed by atoms with Crippen LogP contribution in [0, 0.1) is 18.7 Å². The molecule has 0 atom stereocenters. The Balaban J connectivity index is 2.23. The van der Waals surface area contributed by atoms with Crippen LogP contribution in [0.4, 0.5) is 4.39 Å². The minimum atomic E-state index is -1.30. The lowest BCUT2D eigenvalue weighted by molar-refractivity contribution is 0.0694. The van der Waals surface area contributed by atoms with Gasteiger partial charge in [-0.05, 0) is 41.7 Å². The Morgan fingerprint density at radius 3 is 2.52 bits per heavy atom. The lowest BCUT2D eigenvalue weighted by Crippen LogP contribution is -2.20. The van der Waals surface area contributed by atoms with Gasteiger partial charge < -0.3 is 9.67 Å². The molecular formula is C22H22FNO3. The van der Waals surface area contributed by atoms with Crippen molar-refractivity contribution in [1.29, 1.82) is 0 Å². The number of nitrogens with zero attached hydrogens (tertiary/aromatic N) is 1. The summed E-state index contributed by atoms with van der Waals surface area (Å²) in [5, 5.41) is 9.42. The topological polar surface area (TPSA) is 59.3 Å². The van der Waals surface area contributed by atoms with E-state index in [-0.39, 0.29) is 16.9 Å². The number of aryl methyl sites for hydroxylation is 1. The Kier molecular flexibility index (Phi) is 5.13. The zero-order valence-corrected chi connectivity index (χ0v) is 15.6. The number of benzene rings is 2. The number of aromatic nitrogens is 1. The third-order valence-corrected chi connectivity index (χ3v) is 4.68. The van der Waals surface area contributed by atoms with Gasteiger partial charge in [0.05, 0.1) is 5.52 Å². The fourth-order valence-corrected chi connectivity index (χ4v) is 3.30. The molecule has 2 aromatic carbocycles. The van der Waals surface area contributed by atoms with Crippen LogP contribution in [0.3, 0.4) is 0 Å². The molecular weight excluding hydrogens is 345 g/mol. The summed E-state index contributed by atoms with van der Waals surface area (Å²) < 4.78 is 16.5. The fraction of sp³-hybridized carbons (Fsp3) is 0.273. The van der Waals surface area contributed by atoms with E-state index in [1.54, 1.807) is 10.6 Å². The number of aromatic carboxylic acids is 1. The van der Waals surface area contributed by atoms with E-state index in [1.165, 1.54) is 12.3 Å². The quantitative estimate of drug-likeness (QED) is 0.727. The molecule has 1 heterocycles. The molecule has 0 unspecified atom stereocenters. The van der Waals surface area contributed by atoms with Gasteiger partial charge in [-0.25, -0.2) is 9.18 Å². The minimum absolute atomic E-state index is 0.0987. The van der Waals surface area contributed by atoms with Crippen LogP contribution in [0.2, 0.25) is 0 Å². The van der Waals surface area contributed by atoms with E-state index in [1.807, 2.05) is 45.0 Å². The summed E-state index contributed by atoms with van der Waals surface area (Å²) in [5.41, 5.74) is 2.13. The maximum absolute atomic E-state index is 14.7. The van der Waals surface area contributed by atoms with Crippen LogP contribution in [0.5, 0.6) is 0 Å². The monoisotopic (exact) mass is 367 g/mol. The number of rotatable bonds is 5. The van der Waals surface area contributed by atoms with E-state index >= 15 is 0 Å². The molecule has 3 rings (SSSR count). The molecule has 140 valence electrons. The molecule has 1 aromatic heterocycles. The molecule has 0 saturated carbocycles. The minimum Gasteiger partial charge on any atom is -0.477 e. The highest BCUT2D eigenvalue weighted by Crippen LogP contribution is 2.22. The first-order chi connectivity index (χ1) is 12.8. The number of hydrogen-bond donors (Lipinski definition) is 1. The van der Waals surface area contributed by atoms with Crippen LogP contribution in [0.15, 0.2) is 47.4 Å². The second-order valence-corrected chi connectivity index (χ2v) is 7.29. The van der Waals surface area contributed by atoms with Gasteiger partial charge in [-0.2, -0.15) is 0 Å². The molecule has 0 amide bonds. The number of hydrogen-bond acceptors (Lipinski definition) is 2. The lowest BCUT2D eigenvalue weighted by Gasteiger charge is -2.16. The fourth-order valence-electron chi connectivity index (χ4n) is 3.30. The number of fused-ring (bicyclic) bond motifs is 1. The summed E-state index contributed by atoms with van der Waals surface area (Å²) in [7, 11) is 0. The van der Waals surface area contributed by atoms with Crippen molar-refractivity contribution in [2.24, 2.45) is 5.92 Å². The summed E-state index contributed by atoms with van der Waals surface area (Å²) >= 11 is 0. The van der Waals surface area contributed by atoms with Crippen molar-refractivity contribution in [2.75, 3.05) is 0 Å². The van der Waals surface area contributed by atoms with Crippen molar-refractivity contribution in [1.82, 2.24) is 4.57 Å². The number of halogens is 1. The summed E-state index contributed by atoms with van der Waals surface area (Å²) in [6, 6.07) is 10.6. The highest BCUT2D eigenvalue weighted by atomic mass is 19.1. The number of carbonyl (C=O) groups is 1. The van der Waals surface area contributed by atoms with Gasteiger partial charge in [0.1, 0.15) is 11.4 Å². The van der Waals surface area contributed by atoms with E-state index < -0.39 is 17.2 Å². The zero-order chi connectivity index (χ0) is 19.7. The average molecular weight is 367 g/mol. The predicted octanol–water partition coefficient (Wildman–Crippen LogP) is 4.39. The van der Waals surface area contributed by atoms with Gasteiger partial charge in [0, 0.05) is 24.5 Å². The second kappa shape index (κ2) is 7.35. The van der Waals surface area contributed by atoms with Crippen LogP contribution < -0.4 is 5.43 Å². The largest absolute Gasteiger partial charge is 0.477 e. The van der Waals surface area contributed by atoms with E-state index in [2.05, 4.69) is 0 Å². The van der Waals surface area contributed by atoms with Crippen molar-refractivity contribution < 1.29 is 14.3 Å². The summed E-state index contributed by atoms with van der Waals surface area (Å²) in [6.45, 7) is 6.51. The van der Waals surface area contributed by atoms with Gasteiger partial charge in [-0.1, -0.05) is 38.1 Å². The molecule has 0 aliphatic heterocycles. The first-order valence-electron chi connectivity index (χ1n) is 8.91. The molecule has 5 heteroatoms. The van der Waals surface area contributed by atoms with Gasteiger partial charge in [-0.15, -0.1) is 0 Å². The Morgan fingerprint density at radius 2 is 1.89 bits per heavy atom. The van der Waals surface area contributed by atoms with Gasteiger partial charge in [0.2, 0.25) is 5.43 Å². The summed E-state index contributed by atoms with van der Waals surface area (Å²) in [6.07, 6.45) is 1.77. The van der Waals surface area contributed by atoms with Crippen LogP contribution >= 0.6 is 0 Å². The van der Waals surface area contributed by atoms with Crippen LogP contribution in [-0.4, -0.2) is 15.6 Å². The SMILES string of the molecule is Cc1ccccc1Cc1cc2c(cc1F)c(=O)c(C(=O)O)cn2CC(C)C. The maximum atomic E-state index is 14.7. The molecule has 0 fully saturated rings. The van der Waals surface area contributed by atoms with Gasteiger partial charge in [-0.3, -0.25) is 4.79 Å². The first kappa shape index (κ1) is 18.8. The normalized spacial score (nSPS) is 11.3. The van der Waals surface area contributed by atoms with Crippen LogP contribution in [0.25, 0.3) is 10.9 Å². The highest BCUT2D eigenvalue weighted by molar-refractivity contribution is 5.92. The van der Waals surface area contributed by atoms with E-state index in [0.29, 0.717) is 24.0 Å². The summed E-state index contributed by atoms with van der Waals surface area (Å²) in [5.74, 6) is -1.56. The Bertz CT molecular complexity index is 1080. The number of carboxylic acid groups (broad SMARTS) is 1. The Labute approximate surface area is 156 Å². The predicted molar refractivity (Wildman–Crippen MR) is 104 cm³/mol. The third kappa shape index (κ3) is 3.77. The van der Waals surface area contributed by atoms with E-state index in [0.717, 1.165) is 11.1 Å². The molecule has 0 aliphatic carbocycles. The van der Waals surface area contributed by atoms with Crippen molar-refractivity contribution >= 4 is 16.9 Å². The Morgan fingerprint density at radius 1 is 1.19 bits per heavy atom. The Hall–Kier alpha value is -2.95. The van der Waals surface area contributed by atoms with Crippen molar-refractivity contribution in [3.8, 4) is 0 Å². The average Bonchev–Trinajstić information content (AvgIpc) is 2.60. The van der Waals surface area contributed by atoms with Gasteiger partial charge >= 0.3 is 5.97 Å². The highest BCUT2D eigenvalue weighted by Gasteiger charge is 2.17. The molecule has 0 bridgehead atoms. The maximum Gasteiger partial charge on any atom is 0.341 e. The van der Waals surface area contributed by atoms with E-state index in [4.69, 9.17) is 0 Å². The molecule has 0 saturated heterocycles.